The maximum absolute atomic E-state index is 14.7. The summed E-state index contributed by atoms with van der Waals surface area (Å²) in [5.41, 5.74) is -0.584. The monoisotopic (exact) mass is 853 g/mol. The van der Waals surface area contributed by atoms with Crippen LogP contribution < -0.4 is 0 Å². The molecule has 1 aromatic rings. The Morgan fingerprint density at radius 1 is 1.07 bits per heavy atom. The molecule has 61 heavy (non-hydrogen) atoms. The van der Waals surface area contributed by atoms with Crippen LogP contribution in [0.1, 0.15) is 121 Å². The molecule has 2 bridgehead atoms. The highest BCUT2D eigenvalue weighted by Crippen LogP contribution is 2.40. The summed E-state index contributed by atoms with van der Waals surface area (Å²) in [5.74, 6) is -4.98. The van der Waals surface area contributed by atoms with Gasteiger partial charge < -0.3 is 38.8 Å². The van der Waals surface area contributed by atoms with Gasteiger partial charge in [-0.15, -0.1) is 0 Å². The van der Waals surface area contributed by atoms with Crippen LogP contribution in [0.2, 0.25) is 0 Å². The van der Waals surface area contributed by atoms with Gasteiger partial charge in [0.25, 0.3) is 0 Å². The van der Waals surface area contributed by atoms with E-state index in [0.29, 0.717) is 18.6 Å². The molecule has 0 unspecified atom stereocenters. The third-order valence-electron chi connectivity index (χ3n) is 13.0. The zero-order valence-electron chi connectivity index (χ0n) is 39.2. The number of benzene rings is 1. The molecule has 3 aliphatic heterocycles. The van der Waals surface area contributed by atoms with Crippen molar-refractivity contribution in [1.82, 2.24) is 4.90 Å². The van der Waals surface area contributed by atoms with Crippen molar-refractivity contribution in [3.63, 3.8) is 0 Å². The molecule has 12 nitrogen and oxygen atoms in total. The number of ketones is 1. The zero-order valence-corrected chi connectivity index (χ0v) is 39.2. The fourth-order valence-corrected chi connectivity index (χ4v) is 9.32. The topological polar surface area (TPSA) is 153 Å². The number of hydrogen-bond donors (Lipinski definition) is 2. The van der Waals surface area contributed by atoms with Crippen LogP contribution >= 0.6 is 0 Å². The molecule has 0 aliphatic carbocycles. The van der Waals surface area contributed by atoms with E-state index in [1.165, 1.54) is 13.8 Å². The first-order chi connectivity index (χ1) is 28.5. The van der Waals surface area contributed by atoms with Crippen molar-refractivity contribution in [1.29, 1.82) is 0 Å². The largest absolute Gasteiger partial charge is 0.459 e. The van der Waals surface area contributed by atoms with E-state index >= 15 is 0 Å². The molecule has 342 valence electrons. The number of esters is 1. The molecule has 2 N–H and O–H groups in total. The summed E-state index contributed by atoms with van der Waals surface area (Å²) in [4.78, 5) is 48.3. The van der Waals surface area contributed by atoms with Gasteiger partial charge in [-0.05, 0) is 95.9 Å². The van der Waals surface area contributed by atoms with Gasteiger partial charge in [0.15, 0.2) is 12.1 Å². The lowest BCUT2D eigenvalue weighted by Gasteiger charge is -2.48. The average molecular weight is 853 g/mol. The van der Waals surface area contributed by atoms with Crippen molar-refractivity contribution < 1.29 is 48.3 Å². The number of aliphatic hydroxyl groups excluding tert-OH is 1. The third kappa shape index (κ3) is 13.2. The van der Waals surface area contributed by atoms with Gasteiger partial charge in [-0.25, -0.2) is 4.99 Å². The number of aliphatic hydroxyl groups is 2. The molecule has 4 rings (SSSR count). The van der Waals surface area contributed by atoms with E-state index < -0.39 is 83.2 Å². The van der Waals surface area contributed by atoms with Crippen molar-refractivity contribution in [3.8, 4) is 0 Å². The smallest absolute Gasteiger partial charge is 0.316 e. The number of carbonyl (C=O) groups excluding carboxylic acids is 3. The molecule has 0 saturated carbocycles. The number of allylic oxidation sites excluding steroid dienone is 2. The minimum Gasteiger partial charge on any atom is -0.459 e. The number of rotatable bonds is 8. The van der Waals surface area contributed by atoms with Crippen LogP contribution in [0.5, 0.6) is 0 Å². The Labute approximate surface area is 365 Å². The Morgan fingerprint density at radius 3 is 2.36 bits per heavy atom. The van der Waals surface area contributed by atoms with E-state index in [4.69, 9.17) is 23.7 Å². The molecule has 3 aliphatic rings. The number of nitrogens with zero attached hydrogens (tertiary/aromatic N) is 2. The first-order valence-corrected chi connectivity index (χ1v) is 22.4. The summed E-state index contributed by atoms with van der Waals surface area (Å²) in [6.45, 7) is 23.2. The highest BCUT2D eigenvalue weighted by molar-refractivity contribution is 6.00. The number of amides is 1. The number of carbonyl (C=O) groups is 3. The summed E-state index contributed by atoms with van der Waals surface area (Å²) < 4.78 is 33.1. The van der Waals surface area contributed by atoms with Crippen LogP contribution in [0, 0.1) is 29.1 Å². The standard InChI is InChI=1S/C49H76N2O10/c1-14-39-49(12,56)44-32(4)40(50-35(7)52)30(2)28-48(11,58-29-37(23-26-57-44)22-18-21-36-19-16-15-17-20-36)43(33(5)41(53)34(6)45(55)60-39)61-46-42(54)38(27-31(3)59-46)51(13)25-24-47(8,9)10/h15-22,30-34,38-39,42-44,46,54,56H,14,23-29H2,1-13H3/b21-18+,37-22+,50-40+/t30-,31-,32+,33+,34-,38+,39-,42-,43-,44-,46+,48-,49-/m1/s1. The van der Waals surface area contributed by atoms with Crippen molar-refractivity contribution >= 4 is 29.4 Å². The average Bonchev–Trinajstić information content (AvgIpc) is 3.19. The number of ether oxygens (including phenoxy) is 5. The highest BCUT2D eigenvalue weighted by atomic mass is 16.7. The van der Waals surface area contributed by atoms with Crippen molar-refractivity contribution in [3.05, 3.63) is 53.6 Å². The van der Waals surface area contributed by atoms with Crippen molar-refractivity contribution in [2.45, 2.75) is 169 Å². The van der Waals surface area contributed by atoms with E-state index in [1.807, 2.05) is 83.3 Å². The maximum Gasteiger partial charge on any atom is 0.316 e. The van der Waals surface area contributed by atoms with Crippen LogP contribution in [-0.2, 0) is 38.1 Å². The second-order valence-electron chi connectivity index (χ2n) is 19.6. The molecule has 0 spiro atoms. The predicted octanol–water partition coefficient (Wildman–Crippen LogP) is 7.39. The molecule has 1 amide bonds. The molecule has 12 heteroatoms. The van der Waals surface area contributed by atoms with Crippen LogP contribution in [-0.4, -0.2) is 119 Å². The Morgan fingerprint density at radius 2 is 1.74 bits per heavy atom. The van der Waals surface area contributed by atoms with Gasteiger partial charge in [0.2, 0.25) is 5.91 Å². The summed E-state index contributed by atoms with van der Waals surface area (Å²) in [6.07, 6.45) is 2.67. The van der Waals surface area contributed by atoms with E-state index in [0.717, 1.165) is 24.1 Å². The number of fused-ring (bicyclic) bond motifs is 5. The SMILES string of the molecule is CC[C@H]1OC(=O)[C@H](C)C(=O)[C@H](C)[C@@H](O[C@@H]2O[C@H](C)C[C@H](N(C)CCC(C)(C)C)[C@H]2O)[C@@]2(C)C[C@@H](C)/C(=N\C(C)=O)[C@H](C)[C@@H](OCC/C(=C\C=C\c3ccccc3)CO2)[C@]1(C)O. The lowest BCUT2D eigenvalue weighted by molar-refractivity contribution is -0.297. The van der Waals surface area contributed by atoms with Gasteiger partial charge >= 0.3 is 5.97 Å². The number of cyclic esters (lactones) is 1. The lowest BCUT2D eigenvalue weighted by Crippen LogP contribution is -2.61. The van der Waals surface area contributed by atoms with E-state index in [1.54, 1.807) is 20.8 Å². The van der Waals surface area contributed by atoms with Crippen LogP contribution in [0.3, 0.4) is 0 Å². The molecule has 13 atom stereocenters. The minimum absolute atomic E-state index is 0.0905. The van der Waals surface area contributed by atoms with Gasteiger partial charge in [0.1, 0.15) is 23.7 Å². The number of likely N-dealkylation sites (N-methyl/N-ethyl adjacent to an activating group) is 1. The van der Waals surface area contributed by atoms with Crippen LogP contribution in [0.25, 0.3) is 6.08 Å². The van der Waals surface area contributed by atoms with Gasteiger partial charge in [0.05, 0.1) is 37.1 Å². The fraction of sp³-hybridized carbons (Fsp3) is 0.714. The third-order valence-corrected chi connectivity index (χ3v) is 13.0. The molecule has 3 saturated heterocycles. The van der Waals surface area contributed by atoms with E-state index in [-0.39, 0.29) is 43.6 Å². The van der Waals surface area contributed by atoms with Gasteiger partial charge in [-0.3, -0.25) is 14.4 Å². The maximum atomic E-state index is 14.7. The summed E-state index contributed by atoms with van der Waals surface area (Å²) in [7, 11) is 2.00. The summed E-state index contributed by atoms with van der Waals surface area (Å²) in [5, 5.41) is 24.5. The first-order valence-electron chi connectivity index (χ1n) is 22.4. The Hall–Kier alpha value is -3.10. The Bertz CT molecular complexity index is 1720. The summed E-state index contributed by atoms with van der Waals surface area (Å²) >= 11 is 0. The zero-order chi connectivity index (χ0) is 45.4. The molecule has 3 fully saturated rings. The van der Waals surface area contributed by atoms with Gasteiger partial charge in [0, 0.05) is 30.5 Å². The minimum atomic E-state index is -1.76. The molecular weight excluding hydrogens is 777 g/mol. The quantitative estimate of drug-likeness (QED) is 0.199. The molecule has 0 radical (unpaired) electrons. The van der Waals surface area contributed by atoms with Crippen molar-refractivity contribution in [2.75, 3.05) is 26.8 Å². The van der Waals surface area contributed by atoms with E-state index in [2.05, 4.69) is 30.7 Å². The normalized spacial score (nSPS) is 37.9. The Kier molecular flexibility index (Phi) is 17.8. The molecule has 3 heterocycles. The second-order valence-corrected chi connectivity index (χ2v) is 19.6. The second kappa shape index (κ2) is 21.5. The van der Waals surface area contributed by atoms with E-state index in [9.17, 15) is 24.6 Å². The predicted molar refractivity (Wildman–Crippen MR) is 238 cm³/mol. The fourth-order valence-electron chi connectivity index (χ4n) is 9.32. The Balaban J connectivity index is 1.93. The number of Topliss-reactive ketones (excluding diaryl/α,β-unsaturated/α-hetero) is 1. The van der Waals surface area contributed by atoms with Crippen LogP contribution in [0.4, 0.5) is 0 Å². The molecule has 0 aromatic heterocycles. The molecule has 1 aromatic carbocycles. The van der Waals surface area contributed by atoms with Gasteiger partial charge in [-0.2, -0.15) is 0 Å². The van der Waals surface area contributed by atoms with Crippen molar-refractivity contribution in [2.24, 2.45) is 34.1 Å². The van der Waals surface area contributed by atoms with Gasteiger partial charge in [-0.1, -0.05) is 97.0 Å². The number of aliphatic imine (C=N–C) groups is 1. The molecular formula is C49H76N2O10. The van der Waals surface area contributed by atoms with Crippen LogP contribution in [0.15, 0.2) is 53.0 Å². The first kappa shape index (κ1) is 50.5. The number of hydrogen-bond acceptors (Lipinski definition) is 11. The lowest BCUT2D eigenvalue weighted by atomic mass is 9.73. The highest BCUT2D eigenvalue weighted by Gasteiger charge is 2.53. The summed E-state index contributed by atoms with van der Waals surface area (Å²) in [6, 6.07) is 9.65.